The quantitative estimate of drug-likeness (QED) is 0.508. The highest BCUT2D eigenvalue weighted by Gasteiger charge is 2.07. The van der Waals surface area contributed by atoms with Gasteiger partial charge >= 0.3 is 11.9 Å². The highest BCUT2D eigenvalue weighted by atomic mass is 16.5. The summed E-state index contributed by atoms with van der Waals surface area (Å²) in [6, 6.07) is 3.04. The molecule has 1 rings (SSSR count). The van der Waals surface area contributed by atoms with Crippen LogP contribution in [0.4, 0.5) is 5.82 Å². The first-order chi connectivity index (χ1) is 8.63. The predicted molar refractivity (Wildman–Crippen MR) is 60.3 cm³/mol. The summed E-state index contributed by atoms with van der Waals surface area (Å²) < 4.78 is 9.29. The van der Waals surface area contributed by atoms with Crippen LogP contribution >= 0.6 is 0 Å². The van der Waals surface area contributed by atoms with Gasteiger partial charge in [0, 0.05) is 6.54 Å². The minimum Gasteiger partial charge on any atom is -0.480 e. The van der Waals surface area contributed by atoms with Gasteiger partial charge in [-0.15, -0.1) is 10.2 Å². The van der Waals surface area contributed by atoms with E-state index in [4.69, 9.17) is 9.84 Å². The van der Waals surface area contributed by atoms with Crippen molar-refractivity contribution < 1.29 is 24.2 Å². The number of carboxylic acids is 1. The fraction of sp³-hybridized carbons (Fsp3) is 0.400. The van der Waals surface area contributed by atoms with E-state index in [2.05, 4.69) is 20.3 Å². The van der Waals surface area contributed by atoms with Crippen molar-refractivity contribution in [2.45, 2.75) is 0 Å². The van der Waals surface area contributed by atoms with Gasteiger partial charge in [-0.25, -0.2) is 9.59 Å². The molecule has 8 nitrogen and oxygen atoms in total. The number of carboxylic acid groups (broad SMARTS) is 1. The van der Waals surface area contributed by atoms with Crippen molar-refractivity contribution in [3.05, 3.63) is 17.8 Å². The number of carbonyl (C=O) groups is 2. The summed E-state index contributed by atoms with van der Waals surface area (Å²) in [5.41, 5.74) is 0.116. The number of rotatable bonds is 7. The van der Waals surface area contributed by atoms with E-state index in [1.807, 2.05) is 0 Å². The van der Waals surface area contributed by atoms with E-state index in [9.17, 15) is 9.59 Å². The average Bonchev–Trinajstić information content (AvgIpc) is 2.38. The smallest absolute Gasteiger partial charge is 0.358 e. The van der Waals surface area contributed by atoms with Crippen molar-refractivity contribution >= 4 is 17.8 Å². The van der Waals surface area contributed by atoms with Gasteiger partial charge < -0.3 is 19.9 Å². The van der Waals surface area contributed by atoms with Crippen molar-refractivity contribution in [1.29, 1.82) is 0 Å². The zero-order valence-corrected chi connectivity index (χ0v) is 9.75. The number of ether oxygens (including phenoxy) is 2. The van der Waals surface area contributed by atoms with Crippen LogP contribution in [-0.2, 0) is 14.3 Å². The maximum Gasteiger partial charge on any atom is 0.358 e. The molecule has 0 saturated carbocycles. The number of nitrogens with zero attached hydrogens (tertiary/aromatic N) is 2. The average molecular weight is 255 g/mol. The maximum atomic E-state index is 11.1. The van der Waals surface area contributed by atoms with Gasteiger partial charge in [-0.1, -0.05) is 0 Å². The monoisotopic (exact) mass is 255 g/mol. The zero-order valence-electron chi connectivity index (χ0n) is 9.75. The second kappa shape index (κ2) is 7.17. The van der Waals surface area contributed by atoms with Crippen LogP contribution in [0, 0.1) is 0 Å². The molecule has 0 unspecified atom stereocenters. The SMILES string of the molecule is COC(=O)c1ccc(NCCOCC(=O)O)nn1. The molecule has 8 heteroatoms. The molecule has 18 heavy (non-hydrogen) atoms. The van der Waals surface area contributed by atoms with Crippen LogP contribution in [0.3, 0.4) is 0 Å². The second-order valence-corrected chi connectivity index (χ2v) is 3.17. The van der Waals surface area contributed by atoms with Gasteiger partial charge in [0.25, 0.3) is 0 Å². The van der Waals surface area contributed by atoms with E-state index >= 15 is 0 Å². The standard InChI is InChI=1S/C10H13N3O5/c1-17-10(16)7-2-3-8(13-12-7)11-4-5-18-6-9(14)15/h2-3H,4-6H2,1H3,(H,11,13)(H,14,15). The van der Waals surface area contributed by atoms with Crippen LogP contribution in [0.5, 0.6) is 0 Å². The molecule has 0 spiro atoms. The Morgan fingerprint density at radius 3 is 2.72 bits per heavy atom. The largest absolute Gasteiger partial charge is 0.480 e. The Hall–Kier alpha value is -2.22. The second-order valence-electron chi connectivity index (χ2n) is 3.17. The highest BCUT2D eigenvalue weighted by molar-refractivity contribution is 5.86. The summed E-state index contributed by atoms with van der Waals surface area (Å²) in [5, 5.41) is 18.6. The molecule has 0 saturated heterocycles. The van der Waals surface area contributed by atoms with E-state index in [-0.39, 0.29) is 18.9 Å². The normalized spacial score (nSPS) is 9.83. The molecule has 0 atom stereocenters. The van der Waals surface area contributed by atoms with E-state index in [0.29, 0.717) is 12.4 Å². The Kier molecular flexibility index (Phi) is 5.52. The summed E-state index contributed by atoms with van der Waals surface area (Å²) in [4.78, 5) is 21.2. The van der Waals surface area contributed by atoms with Crippen LogP contribution < -0.4 is 5.32 Å². The molecule has 1 aromatic rings. The Morgan fingerprint density at radius 2 is 2.17 bits per heavy atom. The summed E-state index contributed by atoms with van der Waals surface area (Å²) in [6.07, 6.45) is 0. The summed E-state index contributed by atoms with van der Waals surface area (Å²) >= 11 is 0. The maximum absolute atomic E-state index is 11.1. The van der Waals surface area contributed by atoms with Crippen molar-refractivity contribution in [1.82, 2.24) is 10.2 Å². The zero-order chi connectivity index (χ0) is 13.4. The van der Waals surface area contributed by atoms with E-state index in [1.165, 1.54) is 13.2 Å². The van der Waals surface area contributed by atoms with Gasteiger partial charge in [0.2, 0.25) is 0 Å². The third-order valence-electron chi connectivity index (χ3n) is 1.84. The van der Waals surface area contributed by atoms with Crippen molar-refractivity contribution in [3.63, 3.8) is 0 Å². The van der Waals surface area contributed by atoms with Crippen LogP contribution in [-0.4, -0.2) is 54.1 Å². The van der Waals surface area contributed by atoms with Crippen LogP contribution in [0.2, 0.25) is 0 Å². The number of aliphatic carboxylic acids is 1. The molecular weight excluding hydrogens is 242 g/mol. The number of esters is 1. The number of nitrogens with one attached hydrogen (secondary N) is 1. The van der Waals surface area contributed by atoms with E-state index in [1.54, 1.807) is 6.07 Å². The number of aromatic nitrogens is 2. The lowest BCUT2D eigenvalue weighted by Gasteiger charge is -2.05. The number of methoxy groups -OCH3 is 1. The summed E-state index contributed by atoms with van der Waals surface area (Å²) in [5.74, 6) is -1.11. The third kappa shape index (κ3) is 4.74. The Balaban J connectivity index is 2.31. The molecule has 0 bridgehead atoms. The summed E-state index contributed by atoms with van der Waals surface area (Å²) in [6.45, 7) is 0.279. The molecule has 2 N–H and O–H groups in total. The molecule has 0 aliphatic rings. The molecule has 98 valence electrons. The molecule has 1 heterocycles. The Morgan fingerprint density at radius 1 is 1.39 bits per heavy atom. The Bertz CT molecular complexity index is 406. The molecule has 0 amide bonds. The molecule has 1 aromatic heterocycles. The Labute approximate surface area is 103 Å². The van der Waals surface area contributed by atoms with Crippen LogP contribution in [0.25, 0.3) is 0 Å². The van der Waals surface area contributed by atoms with E-state index < -0.39 is 11.9 Å². The van der Waals surface area contributed by atoms with Gasteiger partial charge in [-0.2, -0.15) is 0 Å². The van der Waals surface area contributed by atoms with Gasteiger partial charge in [-0.3, -0.25) is 0 Å². The third-order valence-corrected chi connectivity index (χ3v) is 1.84. The molecule has 0 aromatic carbocycles. The molecular formula is C10H13N3O5. The summed E-state index contributed by atoms with van der Waals surface area (Å²) in [7, 11) is 1.26. The predicted octanol–water partition coefficient (Wildman–Crippen LogP) is -0.224. The number of hydrogen-bond donors (Lipinski definition) is 2. The van der Waals surface area contributed by atoms with Gasteiger partial charge in [0.05, 0.1) is 13.7 Å². The van der Waals surface area contributed by atoms with Crippen molar-refractivity contribution in [3.8, 4) is 0 Å². The highest BCUT2D eigenvalue weighted by Crippen LogP contribution is 2.02. The van der Waals surface area contributed by atoms with Crippen molar-refractivity contribution in [2.24, 2.45) is 0 Å². The van der Waals surface area contributed by atoms with Gasteiger partial charge in [-0.05, 0) is 12.1 Å². The van der Waals surface area contributed by atoms with Gasteiger partial charge in [0.1, 0.15) is 12.4 Å². The lowest BCUT2D eigenvalue weighted by atomic mass is 10.4. The molecule has 0 fully saturated rings. The number of carbonyl (C=O) groups excluding carboxylic acids is 1. The fourth-order valence-electron chi connectivity index (χ4n) is 1.05. The minimum atomic E-state index is -1.02. The van der Waals surface area contributed by atoms with Crippen LogP contribution in [0.15, 0.2) is 12.1 Å². The minimum absolute atomic E-state index is 0.116. The lowest BCUT2D eigenvalue weighted by molar-refractivity contribution is -0.142. The molecule has 0 aliphatic carbocycles. The number of anilines is 1. The first kappa shape index (κ1) is 13.8. The van der Waals surface area contributed by atoms with E-state index in [0.717, 1.165) is 0 Å². The first-order valence-corrected chi connectivity index (χ1v) is 5.09. The number of hydrogen-bond acceptors (Lipinski definition) is 7. The topological polar surface area (TPSA) is 111 Å². The van der Waals surface area contributed by atoms with Gasteiger partial charge in [0.15, 0.2) is 5.69 Å². The van der Waals surface area contributed by atoms with Crippen LogP contribution in [0.1, 0.15) is 10.5 Å². The first-order valence-electron chi connectivity index (χ1n) is 5.09. The lowest BCUT2D eigenvalue weighted by Crippen LogP contribution is -2.15. The fourth-order valence-corrected chi connectivity index (χ4v) is 1.05. The van der Waals surface area contributed by atoms with Crippen molar-refractivity contribution in [2.75, 3.05) is 32.2 Å². The molecule has 0 radical (unpaired) electrons. The molecule has 0 aliphatic heterocycles.